The Hall–Kier alpha value is -1.26. The average Bonchev–Trinajstić information content (AvgIpc) is 2.41. The standard InChI is InChI=1S/C14H18ClNO3/c1-10-9-18-8-7-16(10)14(17)11(2)19-13-6-4-3-5-12(13)15/h3-6,10-11H,7-9H2,1-2H3/t10-,11?/m1/s1. The lowest BCUT2D eigenvalue weighted by Crippen LogP contribution is -2.51. The number of benzene rings is 1. The summed E-state index contributed by atoms with van der Waals surface area (Å²) in [6.45, 7) is 5.47. The number of carbonyl (C=O) groups is 1. The van der Waals surface area contributed by atoms with E-state index >= 15 is 0 Å². The van der Waals surface area contributed by atoms with E-state index in [2.05, 4.69) is 0 Å². The molecule has 1 aromatic carbocycles. The number of para-hydroxylation sites is 1. The zero-order valence-corrected chi connectivity index (χ0v) is 11.9. The Bertz CT molecular complexity index is 452. The van der Waals surface area contributed by atoms with Crippen molar-refractivity contribution in [2.45, 2.75) is 26.0 Å². The van der Waals surface area contributed by atoms with E-state index in [0.29, 0.717) is 30.5 Å². The molecule has 0 aromatic heterocycles. The van der Waals surface area contributed by atoms with Crippen LogP contribution >= 0.6 is 11.6 Å². The molecule has 2 rings (SSSR count). The lowest BCUT2D eigenvalue weighted by Gasteiger charge is -2.35. The molecular weight excluding hydrogens is 266 g/mol. The van der Waals surface area contributed by atoms with Gasteiger partial charge in [0.05, 0.1) is 24.3 Å². The molecule has 104 valence electrons. The maximum absolute atomic E-state index is 12.3. The molecule has 1 saturated heterocycles. The molecule has 1 aromatic rings. The molecule has 0 bridgehead atoms. The van der Waals surface area contributed by atoms with Gasteiger partial charge in [-0.15, -0.1) is 0 Å². The van der Waals surface area contributed by atoms with Crippen LogP contribution in [-0.2, 0) is 9.53 Å². The van der Waals surface area contributed by atoms with Crippen LogP contribution in [0.2, 0.25) is 5.02 Å². The molecule has 1 aliphatic rings. The van der Waals surface area contributed by atoms with Crippen LogP contribution < -0.4 is 4.74 Å². The Labute approximate surface area is 118 Å². The van der Waals surface area contributed by atoms with Crippen LogP contribution in [0.4, 0.5) is 0 Å². The fourth-order valence-corrected chi connectivity index (χ4v) is 2.25. The van der Waals surface area contributed by atoms with E-state index < -0.39 is 6.10 Å². The fourth-order valence-electron chi connectivity index (χ4n) is 2.07. The summed E-state index contributed by atoms with van der Waals surface area (Å²) in [6, 6.07) is 7.24. The molecule has 2 atom stereocenters. The number of halogens is 1. The maximum atomic E-state index is 12.3. The molecular formula is C14H18ClNO3. The molecule has 1 amide bonds. The first-order valence-corrected chi connectivity index (χ1v) is 6.77. The van der Waals surface area contributed by atoms with E-state index in [-0.39, 0.29) is 11.9 Å². The first-order valence-electron chi connectivity index (χ1n) is 6.39. The van der Waals surface area contributed by atoms with Gasteiger partial charge in [-0.05, 0) is 26.0 Å². The topological polar surface area (TPSA) is 38.8 Å². The minimum atomic E-state index is -0.555. The summed E-state index contributed by atoms with van der Waals surface area (Å²) in [7, 11) is 0. The van der Waals surface area contributed by atoms with Gasteiger partial charge < -0.3 is 14.4 Å². The van der Waals surface area contributed by atoms with Crippen LogP contribution in [0.25, 0.3) is 0 Å². The van der Waals surface area contributed by atoms with Gasteiger partial charge in [0.15, 0.2) is 6.10 Å². The van der Waals surface area contributed by atoms with Gasteiger partial charge in [0.25, 0.3) is 5.91 Å². The SMILES string of the molecule is CC(Oc1ccccc1Cl)C(=O)N1CCOC[C@H]1C. The number of nitrogens with zero attached hydrogens (tertiary/aromatic N) is 1. The Morgan fingerprint density at radius 2 is 2.26 bits per heavy atom. The summed E-state index contributed by atoms with van der Waals surface area (Å²) < 4.78 is 11.0. The zero-order valence-electron chi connectivity index (χ0n) is 11.1. The van der Waals surface area contributed by atoms with Crippen LogP contribution in [0.5, 0.6) is 5.75 Å². The quantitative estimate of drug-likeness (QED) is 0.855. The molecule has 0 spiro atoms. The van der Waals surface area contributed by atoms with Gasteiger partial charge in [-0.2, -0.15) is 0 Å². The maximum Gasteiger partial charge on any atom is 0.263 e. The van der Waals surface area contributed by atoms with Crippen molar-refractivity contribution < 1.29 is 14.3 Å². The van der Waals surface area contributed by atoms with Crippen molar-refractivity contribution in [1.82, 2.24) is 4.90 Å². The minimum Gasteiger partial charge on any atom is -0.479 e. The van der Waals surface area contributed by atoms with E-state index in [4.69, 9.17) is 21.1 Å². The van der Waals surface area contributed by atoms with E-state index in [1.807, 2.05) is 19.1 Å². The van der Waals surface area contributed by atoms with Crippen LogP contribution in [0, 0.1) is 0 Å². The fraction of sp³-hybridized carbons (Fsp3) is 0.500. The van der Waals surface area contributed by atoms with Gasteiger partial charge in [-0.1, -0.05) is 23.7 Å². The number of hydrogen-bond acceptors (Lipinski definition) is 3. The molecule has 0 radical (unpaired) electrons. The van der Waals surface area contributed by atoms with E-state index in [1.54, 1.807) is 24.0 Å². The van der Waals surface area contributed by atoms with Gasteiger partial charge in [0.2, 0.25) is 0 Å². The molecule has 0 aliphatic carbocycles. The molecule has 4 nitrogen and oxygen atoms in total. The molecule has 5 heteroatoms. The Balaban J connectivity index is 2.01. The smallest absolute Gasteiger partial charge is 0.263 e. The minimum absolute atomic E-state index is 0.0317. The molecule has 1 heterocycles. The Morgan fingerprint density at radius 3 is 2.95 bits per heavy atom. The Kier molecular flexibility index (Phi) is 4.66. The van der Waals surface area contributed by atoms with Gasteiger partial charge >= 0.3 is 0 Å². The Morgan fingerprint density at radius 1 is 1.53 bits per heavy atom. The second-order valence-corrected chi connectivity index (χ2v) is 5.05. The van der Waals surface area contributed by atoms with E-state index in [1.165, 1.54) is 0 Å². The summed E-state index contributed by atoms with van der Waals surface area (Å²) in [5, 5.41) is 0.511. The number of morpholine rings is 1. The van der Waals surface area contributed by atoms with Gasteiger partial charge in [-0.3, -0.25) is 4.79 Å². The van der Waals surface area contributed by atoms with Crippen LogP contribution in [0.15, 0.2) is 24.3 Å². The van der Waals surface area contributed by atoms with E-state index in [0.717, 1.165) is 0 Å². The summed E-state index contributed by atoms with van der Waals surface area (Å²) in [5.41, 5.74) is 0. The number of hydrogen-bond donors (Lipinski definition) is 0. The van der Waals surface area contributed by atoms with Crippen molar-refractivity contribution in [3.63, 3.8) is 0 Å². The number of ether oxygens (including phenoxy) is 2. The van der Waals surface area contributed by atoms with Gasteiger partial charge in [-0.25, -0.2) is 0 Å². The highest BCUT2D eigenvalue weighted by Crippen LogP contribution is 2.24. The van der Waals surface area contributed by atoms with Crippen molar-refractivity contribution in [1.29, 1.82) is 0 Å². The third-order valence-electron chi connectivity index (χ3n) is 3.14. The second kappa shape index (κ2) is 6.26. The van der Waals surface area contributed by atoms with Gasteiger partial charge in [0, 0.05) is 6.54 Å². The van der Waals surface area contributed by atoms with Crippen LogP contribution in [0.3, 0.4) is 0 Å². The van der Waals surface area contributed by atoms with Crippen LogP contribution in [-0.4, -0.2) is 42.7 Å². The molecule has 1 aliphatic heterocycles. The lowest BCUT2D eigenvalue weighted by molar-refractivity contribution is -0.145. The van der Waals surface area contributed by atoms with Crippen LogP contribution in [0.1, 0.15) is 13.8 Å². The van der Waals surface area contributed by atoms with Gasteiger partial charge in [0.1, 0.15) is 5.75 Å². The highest BCUT2D eigenvalue weighted by atomic mass is 35.5. The third kappa shape index (κ3) is 3.39. The summed E-state index contributed by atoms with van der Waals surface area (Å²) in [4.78, 5) is 14.1. The van der Waals surface area contributed by atoms with E-state index in [9.17, 15) is 4.79 Å². The van der Waals surface area contributed by atoms with Crippen molar-refractivity contribution in [3.8, 4) is 5.75 Å². The molecule has 0 saturated carbocycles. The molecule has 1 unspecified atom stereocenters. The largest absolute Gasteiger partial charge is 0.479 e. The lowest BCUT2D eigenvalue weighted by atomic mass is 10.2. The number of rotatable bonds is 3. The number of amides is 1. The summed E-state index contributed by atoms with van der Waals surface area (Å²) in [5.74, 6) is 0.502. The van der Waals surface area contributed by atoms with Crippen molar-refractivity contribution in [2.75, 3.05) is 19.8 Å². The summed E-state index contributed by atoms with van der Waals surface area (Å²) in [6.07, 6.45) is -0.555. The average molecular weight is 284 g/mol. The highest BCUT2D eigenvalue weighted by molar-refractivity contribution is 6.32. The number of carbonyl (C=O) groups excluding carboxylic acids is 1. The summed E-state index contributed by atoms with van der Waals surface area (Å²) >= 11 is 6.02. The molecule has 19 heavy (non-hydrogen) atoms. The predicted octanol–water partition coefficient (Wildman–Crippen LogP) is 2.35. The third-order valence-corrected chi connectivity index (χ3v) is 3.45. The first kappa shape index (κ1) is 14.2. The van der Waals surface area contributed by atoms with Crippen molar-refractivity contribution >= 4 is 17.5 Å². The predicted molar refractivity (Wildman–Crippen MR) is 73.5 cm³/mol. The first-order chi connectivity index (χ1) is 9.09. The highest BCUT2D eigenvalue weighted by Gasteiger charge is 2.28. The second-order valence-electron chi connectivity index (χ2n) is 4.65. The normalized spacial score (nSPS) is 21.0. The van der Waals surface area contributed by atoms with Crippen molar-refractivity contribution in [2.24, 2.45) is 0 Å². The monoisotopic (exact) mass is 283 g/mol. The molecule has 1 fully saturated rings. The van der Waals surface area contributed by atoms with Crippen molar-refractivity contribution in [3.05, 3.63) is 29.3 Å². The zero-order chi connectivity index (χ0) is 13.8. The molecule has 0 N–H and O–H groups in total.